The molecular formula is C28H29N7O5. The molecule has 1 atom stereocenters. The highest BCUT2D eigenvalue weighted by Gasteiger charge is 2.37. The summed E-state index contributed by atoms with van der Waals surface area (Å²) in [5, 5.41) is 18.0. The van der Waals surface area contributed by atoms with Crippen LogP contribution in [0, 0.1) is 16.7 Å². The van der Waals surface area contributed by atoms with Gasteiger partial charge in [0.1, 0.15) is 0 Å². The van der Waals surface area contributed by atoms with Gasteiger partial charge in [-0.15, -0.1) is 0 Å². The summed E-state index contributed by atoms with van der Waals surface area (Å²) in [6, 6.07) is 15.2. The second-order valence-corrected chi connectivity index (χ2v) is 10.1. The molecule has 0 saturated carbocycles. The Bertz CT molecular complexity index is 1590. The first-order chi connectivity index (χ1) is 19.0. The smallest absolute Gasteiger partial charge is 0.397 e. The maximum atomic E-state index is 14.0. The Labute approximate surface area is 230 Å². The topological polar surface area (TPSA) is 170 Å². The fourth-order valence-corrected chi connectivity index (χ4v) is 3.91. The molecule has 4 rings (SSSR count). The zero-order chi connectivity index (χ0) is 29.0. The summed E-state index contributed by atoms with van der Waals surface area (Å²) in [5.41, 5.74) is 7.71. The third-order valence-electron chi connectivity index (χ3n) is 6.20. The molecule has 40 heavy (non-hydrogen) atoms. The lowest BCUT2D eigenvalue weighted by molar-refractivity contribution is -0.132. The molecule has 0 saturated heterocycles. The molecule has 0 bridgehead atoms. The second-order valence-electron chi connectivity index (χ2n) is 10.1. The van der Waals surface area contributed by atoms with Gasteiger partial charge in [-0.3, -0.25) is 19.2 Å². The summed E-state index contributed by atoms with van der Waals surface area (Å²) < 4.78 is 11.5. The van der Waals surface area contributed by atoms with Crippen LogP contribution >= 0.6 is 0 Å². The molecule has 0 aliphatic rings. The number of carbonyl (C=O) groups is 3. The normalized spacial score (nSPS) is 12.1. The van der Waals surface area contributed by atoms with Crippen LogP contribution in [0.1, 0.15) is 65.8 Å². The number of carbonyl (C=O) groups excluding carboxylic acids is 3. The number of para-hydroxylation sites is 1. The minimum atomic E-state index is -1.04. The first-order valence-corrected chi connectivity index (χ1v) is 12.6. The minimum Gasteiger partial charge on any atom is -0.459 e. The van der Waals surface area contributed by atoms with Gasteiger partial charge in [-0.25, -0.2) is 4.79 Å². The SMILES string of the molecule is CCOC(=O)c1nc(CN(C(=O)c2nn(Cc3ccc(C#N)cc3)c3ccccc23)C(=O)[C@@H](N)C(C)(C)C)no1. The van der Waals surface area contributed by atoms with E-state index in [9.17, 15) is 14.4 Å². The van der Waals surface area contributed by atoms with E-state index in [0.29, 0.717) is 23.0 Å². The Balaban J connectivity index is 1.73. The molecule has 12 nitrogen and oxygen atoms in total. The van der Waals surface area contributed by atoms with Crippen LogP contribution in [0.5, 0.6) is 0 Å². The summed E-state index contributed by atoms with van der Waals surface area (Å²) in [4.78, 5) is 44.5. The van der Waals surface area contributed by atoms with Crippen LogP contribution < -0.4 is 5.73 Å². The highest BCUT2D eigenvalue weighted by atomic mass is 16.6. The van der Waals surface area contributed by atoms with Gasteiger partial charge in [-0.05, 0) is 36.1 Å². The van der Waals surface area contributed by atoms with Crippen molar-refractivity contribution in [2.75, 3.05) is 6.61 Å². The number of hydrogen-bond acceptors (Lipinski definition) is 10. The summed E-state index contributed by atoms with van der Waals surface area (Å²) >= 11 is 0. The third-order valence-corrected chi connectivity index (χ3v) is 6.20. The van der Waals surface area contributed by atoms with Crippen LogP contribution in [0.3, 0.4) is 0 Å². The van der Waals surface area contributed by atoms with Crippen molar-refractivity contribution in [1.82, 2.24) is 24.8 Å². The van der Waals surface area contributed by atoms with E-state index in [2.05, 4.69) is 21.3 Å². The van der Waals surface area contributed by atoms with Crippen molar-refractivity contribution in [2.24, 2.45) is 11.1 Å². The predicted molar refractivity (Wildman–Crippen MR) is 143 cm³/mol. The lowest BCUT2D eigenvalue weighted by atomic mass is 9.86. The van der Waals surface area contributed by atoms with Crippen molar-refractivity contribution in [1.29, 1.82) is 5.26 Å². The van der Waals surface area contributed by atoms with Crippen LogP contribution in [0.15, 0.2) is 53.1 Å². The molecule has 0 aliphatic heterocycles. The fraction of sp³-hybridized carbons (Fsp3) is 0.321. The largest absolute Gasteiger partial charge is 0.459 e. The van der Waals surface area contributed by atoms with Gasteiger partial charge >= 0.3 is 11.9 Å². The van der Waals surface area contributed by atoms with Gasteiger partial charge in [-0.2, -0.15) is 15.3 Å². The van der Waals surface area contributed by atoms with Crippen LogP contribution in [0.25, 0.3) is 10.9 Å². The number of imide groups is 1. The average molecular weight is 544 g/mol. The highest BCUT2D eigenvalue weighted by Crippen LogP contribution is 2.25. The van der Waals surface area contributed by atoms with Crippen LogP contribution in [-0.4, -0.2) is 55.3 Å². The summed E-state index contributed by atoms with van der Waals surface area (Å²) in [6.45, 7) is 7.02. The predicted octanol–water partition coefficient (Wildman–Crippen LogP) is 3.06. The molecule has 0 aliphatic carbocycles. The number of fused-ring (bicyclic) bond motifs is 1. The van der Waals surface area contributed by atoms with Gasteiger partial charge in [0, 0.05) is 5.39 Å². The molecule has 4 aromatic rings. The van der Waals surface area contributed by atoms with Crippen molar-refractivity contribution < 1.29 is 23.6 Å². The van der Waals surface area contributed by atoms with E-state index in [-0.39, 0.29) is 18.1 Å². The molecule has 2 N–H and O–H groups in total. The van der Waals surface area contributed by atoms with Gasteiger partial charge in [-0.1, -0.05) is 56.3 Å². The van der Waals surface area contributed by atoms with Crippen LogP contribution in [0.4, 0.5) is 0 Å². The number of aromatic nitrogens is 4. The quantitative estimate of drug-likeness (QED) is 0.326. The zero-order valence-corrected chi connectivity index (χ0v) is 22.6. The zero-order valence-electron chi connectivity index (χ0n) is 22.6. The monoisotopic (exact) mass is 543 g/mol. The maximum Gasteiger partial charge on any atom is 0.397 e. The van der Waals surface area contributed by atoms with E-state index >= 15 is 0 Å². The summed E-state index contributed by atoms with van der Waals surface area (Å²) in [5.74, 6) is -2.65. The third kappa shape index (κ3) is 5.89. The molecule has 0 spiro atoms. The molecule has 0 radical (unpaired) electrons. The number of rotatable bonds is 8. The Morgan fingerprint density at radius 1 is 1.15 bits per heavy atom. The van der Waals surface area contributed by atoms with Gasteiger partial charge < -0.3 is 15.0 Å². The fourth-order valence-electron chi connectivity index (χ4n) is 3.91. The molecule has 2 aromatic carbocycles. The van der Waals surface area contributed by atoms with E-state index in [0.717, 1.165) is 10.5 Å². The number of ether oxygens (including phenoxy) is 1. The molecular weight excluding hydrogens is 514 g/mol. The van der Waals surface area contributed by atoms with E-state index in [1.54, 1.807) is 56.6 Å². The number of hydrogen-bond donors (Lipinski definition) is 1. The van der Waals surface area contributed by atoms with E-state index < -0.39 is 41.7 Å². The molecule has 2 amide bonds. The first kappa shape index (κ1) is 28.1. The Kier molecular flexibility index (Phi) is 8.06. The molecule has 206 valence electrons. The van der Waals surface area contributed by atoms with Gasteiger partial charge in [0.05, 0.1) is 42.9 Å². The van der Waals surface area contributed by atoms with Crippen molar-refractivity contribution in [3.05, 3.63) is 77.1 Å². The van der Waals surface area contributed by atoms with Gasteiger partial charge in [0.15, 0.2) is 11.5 Å². The number of nitriles is 1. The van der Waals surface area contributed by atoms with Crippen LogP contribution in [0.2, 0.25) is 0 Å². The number of amides is 2. The maximum absolute atomic E-state index is 14.0. The lowest BCUT2D eigenvalue weighted by Crippen LogP contribution is -2.52. The number of nitrogens with two attached hydrogens (primary N) is 1. The highest BCUT2D eigenvalue weighted by molar-refractivity contribution is 6.11. The number of nitrogens with zero attached hydrogens (tertiary/aromatic N) is 6. The van der Waals surface area contributed by atoms with Crippen molar-refractivity contribution >= 4 is 28.7 Å². The standard InChI is InChI=1S/C28H29N7O5/c1-5-39-27(38)24-31-21(33-40-24)16-34(26(37)23(30)28(2,3)4)25(36)22-19-8-6-7-9-20(19)35(32-22)15-18-12-10-17(14-29)11-13-18/h6-13,23H,5,15-16,30H2,1-4H3/t23-/m1/s1. The average Bonchev–Trinajstić information content (AvgIpc) is 3.56. The number of esters is 1. The minimum absolute atomic E-state index is 0.0350. The molecule has 0 unspecified atom stereocenters. The molecule has 2 heterocycles. The Hall–Kier alpha value is -4.89. The molecule has 12 heteroatoms. The summed E-state index contributed by atoms with van der Waals surface area (Å²) in [6.07, 6.45) is 0. The van der Waals surface area contributed by atoms with Crippen molar-refractivity contribution in [2.45, 2.75) is 46.8 Å². The lowest BCUT2D eigenvalue weighted by Gasteiger charge is -2.30. The Morgan fingerprint density at radius 2 is 1.85 bits per heavy atom. The molecule has 0 fully saturated rings. The number of benzene rings is 2. The molecule has 2 aromatic heterocycles. The first-order valence-electron chi connectivity index (χ1n) is 12.6. The van der Waals surface area contributed by atoms with E-state index in [1.807, 2.05) is 24.3 Å². The summed E-state index contributed by atoms with van der Waals surface area (Å²) in [7, 11) is 0. The van der Waals surface area contributed by atoms with Crippen LogP contribution in [-0.2, 0) is 22.6 Å². The van der Waals surface area contributed by atoms with Crippen molar-refractivity contribution in [3.63, 3.8) is 0 Å². The Morgan fingerprint density at radius 3 is 2.50 bits per heavy atom. The van der Waals surface area contributed by atoms with Crippen molar-refractivity contribution in [3.8, 4) is 6.07 Å². The second kappa shape index (κ2) is 11.5. The van der Waals surface area contributed by atoms with E-state index in [1.165, 1.54) is 0 Å². The van der Waals surface area contributed by atoms with E-state index in [4.69, 9.17) is 20.3 Å². The van der Waals surface area contributed by atoms with Gasteiger partial charge in [0.25, 0.3) is 5.91 Å². The van der Waals surface area contributed by atoms with Gasteiger partial charge in [0.2, 0.25) is 5.91 Å².